The first-order valence-electron chi connectivity index (χ1n) is 4.57. The highest BCUT2D eigenvalue weighted by atomic mass is 79.9. The number of carbonyl (C=O) groups is 1. The van der Waals surface area contributed by atoms with E-state index in [0.717, 1.165) is 10.0 Å². The Morgan fingerprint density at radius 1 is 1.56 bits per heavy atom. The van der Waals surface area contributed by atoms with Crippen molar-refractivity contribution in [2.24, 2.45) is 5.11 Å². The van der Waals surface area contributed by atoms with Gasteiger partial charge in [0.25, 0.3) is 0 Å². The number of halogens is 1. The fraction of sp³-hybridized carbons (Fsp3) is 0.300. The highest BCUT2D eigenvalue weighted by Gasteiger charge is 2.13. The van der Waals surface area contributed by atoms with E-state index in [1.54, 1.807) is 0 Å². The van der Waals surface area contributed by atoms with Gasteiger partial charge >= 0.3 is 5.97 Å². The van der Waals surface area contributed by atoms with E-state index >= 15 is 0 Å². The summed E-state index contributed by atoms with van der Waals surface area (Å²) in [4.78, 5) is 13.5. The number of nitrogens with zero attached hydrogens (tertiary/aromatic N) is 3. The van der Waals surface area contributed by atoms with Gasteiger partial charge in [0.05, 0.1) is 6.54 Å². The first kappa shape index (κ1) is 12.5. The van der Waals surface area contributed by atoms with Gasteiger partial charge in [-0.1, -0.05) is 33.2 Å². The number of ether oxygens (including phenoxy) is 1. The highest BCUT2D eigenvalue weighted by molar-refractivity contribution is 9.10. The Morgan fingerprint density at radius 2 is 2.19 bits per heavy atom. The van der Waals surface area contributed by atoms with Crippen LogP contribution in [0.3, 0.4) is 0 Å². The second-order valence-corrected chi connectivity index (χ2v) is 3.98. The van der Waals surface area contributed by atoms with E-state index in [9.17, 15) is 4.79 Å². The van der Waals surface area contributed by atoms with E-state index < -0.39 is 12.1 Å². The first-order chi connectivity index (χ1) is 7.63. The molecular weight excluding hydrogens is 274 g/mol. The average Bonchev–Trinajstić information content (AvgIpc) is 2.25. The maximum Gasteiger partial charge on any atom is 0.303 e. The number of carbonyl (C=O) groups excluding carboxylic acids is 1. The van der Waals surface area contributed by atoms with Gasteiger partial charge in [-0.25, -0.2) is 0 Å². The normalized spacial score (nSPS) is 11.4. The molecule has 0 saturated carbocycles. The molecule has 0 bridgehead atoms. The van der Waals surface area contributed by atoms with Crippen molar-refractivity contribution < 1.29 is 9.53 Å². The number of hydrogen-bond donors (Lipinski definition) is 0. The monoisotopic (exact) mass is 283 g/mol. The summed E-state index contributed by atoms with van der Waals surface area (Å²) in [6.07, 6.45) is -0.526. The molecule has 6 heteroatoms. The number of esters is 1. The van der Waals surface area contributed by atoms with Crippen molar-refractivity contribution in [3.05, 3.63) is 44.7 Å². The van der Waals surface area contributed by atoms with Crippen LogP contribution in [0.5, 0.6) is 0 Å². The molecule has 0 aromatic heterocycles. The molecule has 0 aliphatic carbocycles. The molecule has 1 rings (SSSR count). The summed E-state index contributed by atoms with van der Waals surface area (Å²) in [6.45, 7) is 1.42. The Labute approximate surface area is 101 Å². The van der Waals surface area contributed by atoms with Crippen molar-refractivity contribution >= 4 is 21.9 Å². The lowest BCUT2D eigenvalue weighted by Gasteiger charge is -2.14. The van der Waals surface area contributed by atoms with E-state index in [1.165, 1.54) is 6.92 Å². The van der Waals surface area contributed by atoms with Crippen LogP contribution in [0.4, 0.5) is 0 Å². The molecule has 0 unspecified atom stereocenters. The predicted octanol–water partition coefficient (Wildman–Crippen LogP) is 3.36. The van der Waals surface area contributed by atoms with Crippen LogP contribution in [0.25, 0.3) is 10.4 Å². The van der Waals surface area contributed by atoms with Crippen molar-refractivity contribution in [2.45, 2.75) is 13.0 Å². The van der Waals surface area contributed by atoms with Crippen LogP contribution >= 0.6 is 15.9 Å². The molecule has 0 fully saturated rings. The smallest absolute Gasteiger partial charge is 0.303 e. The molecule has 0 aliphatic rings. The van der Waals surface area contributed by atoms with Crippen LogP contribution in [0.2, 0.25) is 0 Å². The van der Waals surface area contributed by atoms with Gasteiger partial charge in [-0.2, -0.15) is 0 Å². The Hall–Kier alpha value is -1.52. The highest BCUT2D eigenvalue weighted by Crippen LogP contribution is 2.20. The second-order valence-electron chi connectivity index (χ2n) is 3.06. The predicted molar refractivity (Wildman–Crippen MR) is 62.7 cm³/mol. The minimum absolute atomic E-state index is 0.0950. The summed E-state index contributed by atoms with van der Waals surface area (Å²) in [5.74, 6) is -0.402. The first-order valence-corrected chi connectivity index (χ1v) is 5.36. The molecule has 1 atom stereocenters. The molecule has 0 radical (unpaired) electrons. The largest absolute Gasteiger partial charge is 0.458 e. The van der Waals surface area contributed by atoms with Crippen molar-refractivity contribution in [2.75, 3.05) is 6.54 Å². The van der Waals surface area contributed by atoms with Crippen molar-refractivity contribution in [1.29, 1.82) is 0 Å². The minimum atomic E-state index is -0.526. The van der Waals surface area contributed by atoms with Gasteiger partial charge in [0.15, 0.2) is 0 Å². The van der Waals surface area contributed by atoms with Gasteiger partial charge in [-0.15, -0.1) is 0 Å². The Kier molecular flexibility index (Phi) is 4.82. The summed E-state index contributed by atoms with van der Waals surface area (Å²) in [5, 5.41) is 3.42. The number of hydrogen-bond acceptors (Lipinski definition) is 3. The Morgan fingerprint density at radius 3 is 2.69 bits per heavy atom. The maximum absolute atomic E-state index is 10.9. The zero-order chi connectivity index (χ0) is 12.0. The number of rotatable bonds is 4. The minimum Gasteiger partial charge on any atom is -0.458 e. The maximum atomic E-state index is 10.9. The van der Waals surface area contributed by atoms with Crippen LogP contribution in [-0.4, -0.2) is 12.5 Å². The zero-order valence-electron chi connectivity index (χ0n) is 8.63. The summed E-state index contributed by atoms with van der Waals surface area (Å²) in [6, 6.07) is 7.29. The lowest BCUT2D eigenvalue weighted by atomic mass is 10.1. The van der Waals surface area contributed by atoms with Crippen molar-refractivity contribution in [1.82, 2.24) is 0 Å². The number of azide groups is 1. The average molecular weight is 284 g/mol. The van der Waals surface area contributed by atoms with E-state index in [4.69, 9.17) is 10.3 Å². The van der Waals surface area contributed by atoms with Crippen LogP contribution in [0, 0.1) is 0 Å². The Bertz CT molecular complexity index is 409. The third kappa shape index (κ3) is 3.92. The fourth-order valence-corrected chi connectivity index (χ4v) is 1.46. The van der Waals surface area contributed by atoms with Crippen LogP contribution < -0.4 is 0 Å². The van der Waals surface area contributed by atoms with Crippen LogP contribution in [0.15, 0.2) is 33.9 Å². The standard InChI is InChI=1S/C10H10BrN3O2/c1-7(15)16-10(6-13-14-12)8-2-4-9(11)5-3-8/h2-5,10H,6H2,1H3/t10-/m0/s1. The van der Waals surface area contributed by atoms with E-state index in [0.29, 0.717) is 0 Å². The molecule has 5 nitrogen and oxygen atoms in total. The topological polar surface area (TPSA) is 75.1 Å². The summed E-state index contributed by atoms with van der Waals surface area (Å²) < 4.78 is 5.99. The molecule has 0 saturated heterocycles. The SMILES string of the molecule is CC(=O)O[C@@H](CN=[N+]=[N-])c1ccc(Br)cc1. The van der Waals surface area contributed by atoms with Crippen molar-refractivity contribution in [3.63, 3.8) is 0 Å². The zero-order valence-corrected chi connectivity index (χ0v) is 10.2. The van der Waals surface area contributed by atoms with E-state index in [2.05, 4.69) is 26.0 Å². The van der Waals surface area contributed by atoms with Crippen molar-refractivity contribution in [3.8, 4) is 0 Å². The van der Waals surface area contributed by atoms with Gasteiger partial charge in [0.1, 0.15) is 6.10 Å². The quantitative estimate of drug-likeness (QED) is 0.368. The molecule has 0 amide bonds. The summed E-state index contributed by atoms with van der Waals surface area (Å²) in [5.41, 5.74) is 9.05. The molecule has 16 heavy (non-hydrogen) atoms. The third-order valence-corrected chi connectivity index (χ3v) is 2.39. The lowest BCUT2D eigenvalue weighted by molar-refractivity contribution is -0.146. The molecule has 84 valence electrons. The van der Waals surface area contributed by atoms with E-state index in [-0.39, 0.29) is 6.54 Å². The lowest BCUT2D eigenvalue weighted by Crippen LogP contribution is -2.11. The second kappa shape index (κ2) is 6.15. The molecular formula is C10H10BrN3O2. The van der Waals surface area contributed by atoms with E-state index in [1.807, 2.05) is 24.3 Å². The molecule has 0 N–H and O–H groups in total. The number of benzene rings is 1. The van der Waals surface area contributed by atoms with Gasteiger partial charge in [0.2, 0.25) is 0 Å². The van der Waals surface area contributed by atoms with Gasteiger partial charge in [-0.05, 0) is 23.2 Å². The molecule has 0 heterocycles. The summed E-state index contributed by atoms with van der Waals surface area (Å²) in [7, 11) is 0. The van der Waals surface area contributed by atoms with Gasteiger partial charge in [-0.3, -0.25) is 4.79 Å². The molecule has 0 aliphatic heterocycles. The van der Waals surface area contributed by atoms with Gasteiger partial charge in [0, 0.05) is 16.3 Å². The fourth-order valence-electron chi connectivity index (χ4n) is 1.20. The molecule has 0 spiro atoms. The molecule has 1 aromatic rings. The molecule has 1 aromatic carbocycles. The summed E-state index contributed by atoms with van der Waals surface area (Å²) >= 11 is 3.31. The van der Waals surface area contributed by atoms with Crippen LogP contribution in [0.1, 0.15) is 18.6 Å². The van der Waals surface area contributed by atoms with Crippen LogP contribution in [-0.2, 0) is 9.53 Å². The van der Waals surface area contributed by atoms with Gasteiger partial charge < -0.3 is 4.74 Å². The Balaban J connectivity index is 2.86. The third-order valence-electron chi connectivity index (χ3n) is 1.86.